The van der Waals surface area contributed by atoms with Gasteiger partial charge in [-0.2, -0.15) is 0 Å². The molecule has 2 heterocycles. The van der Waals surface area contributed by atoms with Gasteiger partial charge in [0, 0.05) is 19.2 Å². The number of hydrogen-bond donors (Lipinski definition) is 0. The summed E-state index contributed by atoms with van der Waals surface area (Å²) < 4.78 is 7.53. The zero-order valence-corrected chi connectivity index (χ0v) is 12.7. The zero-order chi connectivity index (χ0) is 14.1. The Balaban J connectivity index is 1.95. The maximum Gasteiger partial charge on any atom is 0.124 e. The number of halogens is 1. The first-order valence-electron chi connectivity index (χ1n) is 6.99. The number of methoxy groups -OCH3 is 1. The summed E-state index contributed by atoms with van der Waals surface area (Å²) in [5.74, 6) is 2.91. The summed E-state index contributed by atoms with van der Waals surface area (Å²) in [6, 6.07) is 6.04. The Kier molecular flexibility index (Phi) is 3.85. The summed E-state index contributed by atoms with van der Waals surface area (Å²) in [6.07, 6.45) is 1.24. The molecule has 3 rings (SSSR count). The van der Waals surface area contributed by atoms with Crippen LogP contribution >= 0.6 is 11.6 Å². The minimum Gasteiger partial charge on any atom is -0.497 e. The molecule has 4 nitrogen and oxygen atoms in total. The van der Waals surface area contributed by atoms with Crippen molar-refractivity contribution in [3.05, 3.63) is 24.0 Å². The molecule has 5 heteroatoms. The lowest BCUT2D eigenvalue weighted by Crippen LogP contribution is -2.17. The Morgan fingerprint density at radius 1 is 1.45 bits per heavy atom. The molecule has 0 saturated carbocycles. The van der Waals surface area contributed by atoms with Crippen LogP contribution in [0.15, 0.2) is 18.2 Å². The van der Waals surface area contributed by atoms with Crippen LogP contribution in [0.25, 0.3) is 11.0 Å². The topological polar surface area (TPSA) is 30.3 Å². The van der Waals surface area contributed by atoms with Gasteiger partial charge in [-0.15, -0.1) is 11.6 Å². The van der Waals surface area contributed by atoms with E-state index in [4.69, 9.17) is 16.3 Å². The lowest BCUT2D eigenvalue weighted by Gasteiger charge is -2.14. The highest BCUT2D eigenvalue weighted by Gasteiger charge is 2.22. The van der Waals surface area contributed by atoms with Crippen molar-refractivity contribution in [1.82, 2.24) is 14.5 Å². The number of likely N-dealkylation sites (tertiary alicyclic amines) is 1. The van der Waals surface area contributed by atoms with Crippen LogP contribution in [0.1, 0.15) is 12.2 Å². The average molecular weight is 294 g/mol. The van der Waals surface area contributed by atoms with E-state index < -0.39 is 0 Å². The van der Waals surface area contributed by atoms with Crippen molar-refractivity contribution in [3.63, 3.8) is 0 Å². The van der Waals surface area contributed by atoms with Crippen LogP contribution in [0.4, 0.5) is 0 Å². The molecule has 1 aliphatic heterocycles. The third-order valence-corrected chi connectivity index (χ3v) is 4.32. The van der Waals surface area contributed by atoms with Gasteiger partial charge in [0.25, 0.3) is 0 Å². The predicted molar refractivity (Wildman–Crippen MR) is 81.4 cm³/mol. The van der Waals surface area contributed by atoms with Crippen molar-refractivity contribution >= 4 is 22.6 Å². The molecule has 2 aromatic rings. The first kappa shape index (κ1) is 13.7. The second kappa shape index (κ2) is 5.62. The first-order valence-corrected chi connectivity index (χ1v) is 7.52. The van der Waals surface area contributed by atoms with Crippen molar-refractivity contribution < 1.29 is 4.74 Å². The molecular formula is C15H20ClN3O. The summed E-state index contributed by atoms with van der Waals surface area (Å²) >= 11 is 6.07. The second-order valence-corrected chi connectivity index (χ2v) is 5.81. The van der Waals surface area contributed by atoms with Crippen molar-refractivity contribution in [1.29, 1.82) is 0 Å². The van der Waals surface area contributed by atoms with E-state index in [9.17, 15) is 0 Å². The van der Waals surface area contributed by atoms with Crippen molar-refractivity contribution in [2.45, 2.75) is 18.8 Å². The zero-order valence-electron chi connectivity index (χ0n) is 12.0. The van der Waals surface area contributed by atoms with E-state index in [2.05, 4.69) is 27.6 Å². The average Bonchev–Trinajstić information content (AvgIpc) is 3.02. The van der Waals surface area contributed by atoms with Crippen molar-refractivity contribution in [3.8, 4) is 5.75 Å². The third-order valence-electron chi connectivity index (χ3n) is 4.08. The van der Waals surface area contributed by atoms with Crippen LogP contribution in [0, 0.1) is 5.92 Å². The molecule has 0 N–H and O–H groups in total. The van der Waals surface area contributed by atoms with Gasteiger partial charge < -0.3 is 14.2 Å². The highest BCUT2D eigenvalue weighted by molar-refractivity contribution is 6.16. The molecule has 20 heavy (non-hydrogen) atoms. The van der Waals surface area contributed by atoms with Gasteiger partial charge in [0.05, 0.1) is 24.0 Å². The van der Waals surface area contributed by atoms with Gasteiger partial charge in [-0.05, 0) is 38.1 Å². The molecule has 108 valence electrons. The van der Waals surface area contributed by atoms with Crippen LogP contribution in [-0.4, -0.2) is 41.7 Å². The molecule has 1 saturated heterocycles. The van der Waals surface area contributed by atoms with Gasteiger partial charge >= 0.3 is 0 Å². The fourth-order valence-electron chi connectivity index (χ4n) is 3.03. The molecule has 0 spiro atoms. The molecule has 0 amide bonds. The fraction of sp³-hybridized carbons (Fsp3) is 0.533. The van der Waals surface area contributed by atoms with E-state index >= 15 is 0 Å². The highest BCUT2D eigenvalue weighted by Crippen LogP contribution is 2.25. The van der Waals surface area contributed by atoms with Crippen LogP contribution in [0.5, 0.6) is 5.75 Å². The Hall–Kier alpha value is -1.26. The number of hydrogen-bond acceptors (Lipinski definition) is 3. The molecule has 0 aliphatic carbocycles. The summed E-state index contributed by atoms with van der Waals surface area (Å²) in [7, 11) is 3.86. The molecule has 0 radical (unpaired) electrons. The van der Waals surface area contributed by atoms with Gasteiger partial charge in [0.2, 0.25) is 0 Å². The largest absolute Gasteiger partial charge is 0.497 e. The SMILES string of the molecule is COc1ccc2c(c1)nc(CCl)n2CC1CCN(C)C1. The summed E-state index contributed by atoms with van der Waals surface area (Å²) in [5.41, 5.74) is 2.11. The fourth-order valence-corrected chi connectivity index (χ4v) is 3.23. The van der Waals surface area contributed by atoms with Gasteiger partial charge in [0.15, 0.2) is 0 Å². The third kappa shape index (κ3) is 2.50. The predicted octanol–water partition coefficient (Wildman–Crippen LogP) is 2.74. The number of aromatic nitrogens is 2. The normalized spacial score (nSPS) is 19.9. The number of fused-ring (bicyclic) bond motifs is 1. The number of rotatable bonds is 4. The van der Waals surface area contributed by atoms with Crippen molar-refractivity contribution in [2.24, 2.45) is 5.92 Å². The Morgan fingerprint density at radius 2 is 2.30 bits per heavy atom. The minimum atomic E-state index is 0.444. The standard InChI is InChI=1S/C15H20ClN3O/c1-18-6-5-11(9-18)10-19-14-4-3-12(20-2)7-13(14)17-15(19)8-16/h3-4,7,11H,5-6,8-10H2,1-2H3. The van der Waals surface area contributed by atoms with Crippen LogP contribution < -0.4 is 4.74 Å². The van der Waals surface area contributed by atoms with Gasteiger partial charge in [-0.25, -0.2) is 4.98 Å². The van der Waals surface area contributed by atoms with Gasteiger partial charge in [0.1, 0.15) is 11.6 Å². The van der Waals surface area contributed by atoms with E-state index in [0.29, 0.717) is 11.8 Å². The molecule has 1 aromatic heterocycles. The second-order valence-electron chi connectivity index (χ2n) is 5.54. The number of imidazole rings is 1. The molecule has 1 fully saturated rings. The summed E-state index contributed by atoms with van der Waals surface area (Å²) in [6.45, 7) is 3.33. The maximum absolute atomic E-state index is 6.07. The number of alkyl halides is 1. The maximum atomic E-state index is 6.07. The van der Waals surface area contributed by atoms with E-state index in [1.54, 1.807) is 7.11 Å². The lowest BCUT2D eigenvalue weighted by molar-refractivity contribution is 0.378. The number of ether oxygens (including phenoxy) is 1. The van der Waals surface area contributed by atoms with E-state index in [0.717, 1.165) is 35.7 Å². The number of benzene rings is 1. The molecule has 0 bridgehead atoms. The Morgan fingerprint density at radius 3 is 2.95 bits per heavy atom. The smallest absolute Gasteiger partial charge is 0.124 e. The quantitative estimate of drug-likeness (QED) is 0.812. The van der Waals surface area contributed by atoms with E-state index in [1.165, 1.54) is 13.0 Å². The number of nitrogens with zero attached hydrogens (tertiary/aromatic N) is 3. The van der Waals surface area contributed by atoms with E-state index in [1.807, 2.05) is 12.1 Å². The minimum absolute atomic E-state index is 0.444. The van der Waals surface area contributed by atoms with Crippen LogP contribution in [-0.2, 0) is 12.4 Å². The molecule has 1 unspecified atom stereocenters. The molecule has 1 atom stereocenters. The lowest BCUT2D eigenvalue weighted by atomic mass is 10.1. The molecule has 1 aromatic carbocycles. The Bertz CT molecular complexity index is 610. The molecule has 1 aliphatic rings. The highest BCUT2D eigenvalue weighted by atomic mass is 35.5. The van der Waals surface area contributed by atoms with Gasteiger partial charge in [-0.1, -0.05) is 0 Å². The van der Waals surface area contributed by atoms with Crippen LogP contribution in [0.2, 0.25) is 0 Å². The van der Waals surface area contributed by atoms with Crippen LogP contribution in [0.3, 0.4) is 0 Å². The van der Waals surface area contributed by atoms with Gasteiger partial charge in [-0.3, -0.25) is 0 Å². The summed E-state index contributed by atoms with van der Waals surface area (Å²) in [5, 5.41) is 0. The van der Waals surface area contributed by atoms with E-state index in [-0.39, 0.29) is 0 Å². The molecular weight excluding hydrogens is 274 g/mol. The summed E-state index contributed by atoms with van der Waals surface area (Å²) in [4.78, 5) is 7.02. The Labute approximate surface area is 124 Å². The van der Waals surface area contributed by atoms with Crippen molar-refractivity contribution in [2.75, 3.05) is 27.2 Å². The monoisotopic (exact) mass is 293 g/mol. The first-order chi connectivity index (χ1) is 9.71.